The van der Waals surface area contributed by atoms with Crippen molar-refractivity contribution in [2.24, 2.45) is 0 Å². The molecule has 0 saturated heterocycles. The molecule has 9 heteroatoms. The van der Waals surface area contributed by atoms with E-state index in [9.17, 15) is 0 Å². The van der Waals surface area contributed by atoms with Crippen LogP contribution in [0.4, 0.5) is 0 Å². The summed E-state index contributed by atoms with van der Waals surface area (Å²) in [6, 6.07) is 0. The molecule has 11 heavy (non-hydrogen) atoms. The molecule has 55 valence electrons. The zero-order valence-corrected chi connectivity index (χ0v) is 13.4. The second-order valence-electron chi connectivity index (χ2n) is 0.621. The van der Waals surface area contributed by atoms with Crippen molar-refractivity contribution in [3.8, 4) is 10.8 Å². The van der Waals surface area contributed by atoms with Crippen molar-refractivity contribution in [3.05, 3.63) is 0 Å². The zero-order chi connectivity index (χ0) is 7.66. The Labute approximate surface area is 131 Å². The van der Waals surface area contributed by atoms with Gasteiger partial charge in [-0.25, -0.2) is 0 Å². The maximum atomic E-state index is 8.07. The molecular weight excluding hydrogens is 284 g/mol. The summed E-state index contributed by atoms with van der Waals surface area (Å²) in [4.78, 5) is 0. The van der Waals surface area contributed by atoms with Crippen LogP contribution in [0.2, 0.25) is 0 Å². The SMILES string of the molecule is N#CSSSSSSC#N.[K]. The molecule has 0 saturated carbocycles. The van der Waals surface area contributed by atoms with Gasteiger partial charge in [-0.3, -0.25) is 0 Å². The van der Waals surface area contributed by atoms with Crippen LogP contribution in [-0.4, -0.2) is 51.4 Å². The van der Waals surface area contributed by atoms with E-state index < -0.39 is 0 Å². The average Bonchev–Trinajstić information content (AvgIpc) is 1.97. The molecule has 0 heterocycles. The van der Waals surface area contributed by atoms with Gasteiger partial charge < -0.3 is 0 Å². The number of thiocyanates is 2. The first-order valence-corrected chi connectivity index (χ1v) is 9.17. The summed E-state index contributed by atoms with van der Waals surface area (Å²) in [5.74, 6) is 0. The quantitative estimate of drug-likeness (QED) is 0.329. The van der Waals surface area contributed by atoms with Crippen LogP contribution in [0.5, 0.6) is 0 Å². The summed E-state index contributed by atoms with van der Waals surface area (Å²) in [6.07, 6.45) is 0. The second-order valence-corrected chi connectivity index (χ2v) is 9.40. The molecule has 0 rings (SSSR count). The van der Waals surface area contributed by atoms with Crippen molar-refractivity contribution < 1.29 is 0 Å². The Morgan fingerprint density at radius 3 is 1.36 bits per heavy atom. The van der Waals surface area contributed by atoms with Gasteiger partial charge in [-0.1, -0.05) is 0 Å². The molecule has 0 aliphatic heterocycles. The first-order valence-electron chi connectivity index (χ1n) is 1.69. The molecule has 0 aromatic rings. The first-order chi connectivity index (χ1) is 4.91. The van der Waals surface area contributed by atoms with Crippen LogP contribution in [0.25, 0.3) is 0 Å². The minimum Gasteiger partial charge on any atom is -0.184 e. The number of nitrogens with zero attached hydrogens (tertiary/aromatic N) is 2. The average molecular weight is 284 g/mol. The van der Waals surface area contributed by atoms with Crippen molar-refractivity contribution in [1.29, 1.82) is 10.5 Å². The largest absolute Gasteiger partial charge is 0.184 e. The minimum absolute atomic E-state index is 0. The maximum Gasteiger partial charge on any atom is 0.145 e. The Kier molecular flexibility index (Phi) is 22.3. The van der Waals surface area contributed by atoms with E-state index in [0.717, 1.165) is 21.6 Å². The van der Waals surface area contributed by atoms with Gasteiger partial charge in [0.25, 0.3) is 0 Å². The summed E-state index contributed by atoms with van der Waals surface area (Å²) in [5.41, 5.74) is 0. The summed E-state index contributed by atoms with van der Waals surface area (Å²) in [5, 5.41) is 20.0. The van der Waals surface area contributed by atoms with Crippen molar-refractivity contribution in [3.63, 3.8) is 0 Å². The maximum absolute atomic E-state index is 8.07. The van der Waals surface area contributed by atoms with Crippen molar-refractivity contribution in [2.75, 3.05) is 0 Å². The van der Waals surface area contributed by atoms with E-state index in [1.54, 1.807) is 0 Å². The van der Waals surface area contributed by atoms with Crippen LogP contribution in [0.3, 0.4) is 0 Å². The third-order valence-corrected chi connectivity index (χ3v) is 9.26. The fourth-order valence-corrected chi connectivity index (χ4v) is 8.58. The number of hydrogen-bond acceptors (Lipinski definition) is 8. The molecule has 0 aromatic carbocycles. The smallest absolute Gasteiger partial charge is 0.145 e. The molecule has 1 radical (unpaired) electrons. The Morgan fingerprint density at radius 2 is 1.09 bits per heavy atom. The van der Waals surface area contributed by atoms with Crippen LogP contribution in [-0.2, 0) is 0 Å². The van der Waals surface area contributed by atoms with Crippen molar-refractivity contribution in [1.82, 2.24) is 0 Å². The topological polar surface area (TPSA) is 47.6 Å². The monoisotopic (exact) mass is 283 g/mol. The second kappa shape index (κ2) is 15.2. The molecule has 0 aromatic heterocycles. The number of hydrogen-bond donors (Lipinski definition) is 0. The summed E-state index contributed by atoms with van der Waals surface area (Å²) in [7, 11) is 8.01. The summed E-state index contributed by atoms with van der Waals surface area (Å²) < 4.78 is 0. The van der Waals surface area contributed by atoms with Gasteiger partial charge in [-0.2, -0.15) is 10.5 Å². The summed E-state index contributed by atoms with van der Waals surface area (Å²) in [6.45, 7) is 0. The molecule has 0 fully saturated rings. The minimum atomic E-state index is 0. The van der Waals surface area contributed by atoms with Crippen LogP contribution in [0.1, 0.15) is 0 Å². The van der Waals surface area contributed by atoms with Crippen molar-refractivity contribution >= 4 is 112 Å². The molecule has 0 bridgehead atoms. The third kappa shape index (κ3) is 15.5. The van der Waals surface area contributed by atoms with Gasteiger partial charge in [0.2, 0.25) is 0 Å². The van der Waals surface area contributed by atoms with Gasteiger partial charge in [0, 0.05) is 112 Å². The van der Waals surface area contributed by atoms with E-state index in [4.69, 9.17) is 10.5 Å². The van der Waals surface area contributed by atoms with E-state index in [1.807, 2.05) is 10.8 Å². The predicted molar refractivity (Wildman–Crippen MR) is 62.5 cm³/mol. The van der Waals surface area contributed by atoms with E-state index >= 15 is 0 Å². The molecule has 0 spiro atoms. The Bertz CT molecular complexity index is 132. The predicted octanol–water partition coefficient (Wildman–Crippen LogP) is 3.54. The van der Waals surface area contributed by atoms with Crippen molar-refractivity contribution in [2.45, 2.75) is 0 Å². The van der Waals surface area contributed by atoms with Crippen LogP contribution >= 0.6 is 60.9 Å². The van der Waals surface area contributed by atoms with Gasteiger partial charge in [-0.05, 0) is 0 Å². The van der Waals surface area contributed by atoms with Crippen LogP contribution < -0.4 is 0 Å². The van der Waals surface area contributed by atoms with Gasteiger partial charge in [-0.15, -0.1) is 0 Å². The Morgan fingerprint density at radius 1 is 0.727 bits per heavy atom. The molecule has 0 amide bonds. The van der Waals surface area contributed by atoms with Crippen LogP contribution in [0.15, 0.2) is 0 Å². The number of rotatable bonds is 5. The molecule has 0 N–H and O–H groups in total. The Balaban J connectivity index is 0. The summed E-state index contributed by atoms with van der Waals surface area (Å²) >= 11 is 0. The molecule has 0 atom stereocenters. The van der Waals surface area contributed by atoms with Gasteiger partial charge in [0.1, 0.15) is 10.8 Å². The molecule has 0 unspecified atom stereocenters. The fraction of sp³-hybridized carbons (Fsp3) is 0. The fourth-order valence-electron chi connectivity index (χ4n) is 0.0809. The van der Waals surface area contributed by atoms with E-state index in [-0.39, 0.29) is 51.4 Å². The van der Waals surface area contributed by atoms with Gasteiger partial charge in [0.15, 0.2) is 0 Å². The zero-order valence-electron chi connectivity index (χ0n) is 5.34. The number of nitriles is 2. The molecular formula is C2KN2S6. The Hall–Kier alpha value is 2.72. The van der Waals surface area contributed by atoms with Gasteiger partial charge >= 0.3 is 0 Å². The third-order valence-electron chi connectivity index (χ3n) is 0.226. The van der Waals surface area contributed by atoms with Gasteiger partial charge in [0.05, 0.1) is 0 Å². The van der Waals surface area contributed by atoms with E-state index in [0.29, 0.717) is 0 Å². The molecule has 2 nitrogen and oxygen atoms in total. The van der Waals surface area contributed by atoms with Crippen LogP contribution in [0, 0.1) is 21.3 Å². The first kappa shape index (κ1) is 16.2. The normalized spacial score (nSPS) is 7.45. The molecule has 0 aliphatic rings. The standard InChI is InChI=1S/C2N2S6.K/c3-1-5-7-9-10-8-6-2-4;. The van der Waals surface area contributed by atoms with E-state index in [2.05, 4.69) is 0 Å². The van der Waals surface area contributed by atoms with E-state index in [1.165, 1.54) is 39.3 Å². The molecule has 0 aliphatic carbocycles.